The average molecular weight is 304 g/mol. The van der Waals surface area contributed by atoms with Gasteiger partial charge < -0.3 is 4.89 Å². The third-order valence-corrected chi connectivity index (χ3v) is 6.09. The number of rotatable bonds is 3. The monoisotopic (exact) mass is 304 g/mol. The summed E-state index contributed by atoms with van der Waals surface area (Å²) in [7, 11) is -4.07. The van der Waals surface area contributed by atoms with Crippen LogP contribution in [0.25, 0.3) is 0 Å². The van der Waals surface area contributed by atoms with Crippen molar-refractivity contribution in [1.29, 1.82) is 0 Å². The first-order valence-corrected chi connectivity index (χ1v) is 8.63. The Labute approximate surface area is 125 Å². The highest BCUT2D eigenvalue weighted by Crippen LogP contribution is 2.51. The summed E-state index contributed by atoms with van der Waals surface area (Å²) in [5, 5.41) is 0.245. The zero-order chi connectivity index (χ0) is 15.8. The first-order chi connectivity index (χ1) is 9.67. The van der Waals surface area contributed by atoms with Crippen LogP contribution in [0.2, 0.25) is 0 Å². The van der Waals surface area contributed by atoms with Crippen LogP contribution in [0.15, 0.2) is 47.6 Å². The van der Waals surface area contributed by atoms with Crippen molar-refractivity contribution < 1.29 is 14.3 Å². The fourth-order valence-electron chi connectivity index (χ4n) is 3.11. The van der Waals surface area contributed by atoms with Crippen molar-refractivity contribution in [1.82, 2.24) is 0 Å². The van der Waals surface area contributed by atoms with Crippen LogP contribution in [0.1, 0.15) is 32.8 Å². The normalized spacial score (nSPS) is 24.8. The Balaban J connectivity index is 2.47. The molecule has 0 saturated heterocycles. The lowest BCUT2D eigenvalue weighted by atomic mass is 9.79. The first-order valence-electron chi connectivity index (χ1n) is 6.97. The molecule has 1 aliphatic rings. The van der Waals surface area contributed by atoms with Gasteiger partial charge in [-0.3, -0.25) is 9.36 Å². The second-order valence-electron chi connectivity index (χ2n) is 6.14. The maximum atomic E-state index is 12.8. The van der Waals surface area contributed by atoms with E-state index in [0.717, 1.165) is 11.1 Å². The minimum absolute atomic E-state index is 0.245. The predicted molar refractivity (Wildman–Crippen MR) is 85.9 cm³/mol. The van der Waals surface area contributed by atoms with Gasteiger partial charge in [0.25, 0.3) is 7.37 Å². The highest BCUT2D eigenvalue weighted by Gasteiger charge is 2.45. The van der Waals surface area contributed by atoms with Crippen molar-refractivity contribution in [3.05, 3.63) is 53.1 Å². The number of aryl methyl sites for hydroxylation is 1. The standard InChI is InChI=1S/C17H21O3P/c1-12-9-13(2)11-17(4,10-12)16(18)21(19,20)15-8-6-5-7-14(15)3/h5-10H,11H2,1-4H3,(H,19,20). The van der Waals surface area contributed by atoms with Gasteiger partial charge in [-0.2, -0.15) is 0 Å². The van der Waals surface area contributed by atoms with E-state index >= 15 is 0 Å². The minimum atomic E-state index is -4.07. The van der Waals surface area contributed by atoms with E-state index in [4.69, 9.17) is 0 Å². The van der Waals surface area contributed by atoms with Crippen molar-refractivity contribution in [3.8, 4) is 0 Å². The fraction of sp³-hybridized carbons (Fsp3) is 0.353. The molecule has 1 aliphatic carbocycles. The Morgan fingerprint density at radius 3 is 2.43 bits per heavy atom. The van der Waals surface area contributed by atoms with E-state index in [1.54, 1.807) is 38.1 Å². The molecule has 1 aromatic carbocycles. The molecule has 0 aromatic heterocycles. The molecule has 2 rings (SSSR count). The second kappa shape index (κ2) is 5.40. The molecule has 1 aromatic rings. The summed E-state index contributed by atoms with van der Waals surface area (Å²) in [6.45, 7) is 7.35. The molecule has 0 aliphatic heterocycles. The third kappa shape index (κ3) is 2.95. The van der Waals surface area contributed by atoms with Gasteiger partial charge in [-0.15, -0.1) is 0 Å². The molecule has 0 amide bonds. The molecule has 3 nitrogen and oxygen atoms in total. The van der Waals surface area contributed by atoms with E-state index in [1.807, 2.05) is 26.0 Å². The first kappa shape index (κ1) is 15.9. The Morgan fingerprint density at radius 2 is 1.86 bits per heavy atom. The summed E-state index contributed by atoms with van der Waals surface area (Å²) in [6.07, 6.45) is 4.30. The largest absolute Gasteiger partial charge is 0.336 e. The molecule has 112 valence electrons. The number of allylic oxidation sites excluding steroid dienone is 4. The number of hydrogen-bond acceptors (Lipinski definition) is 2. The van der Waals surface area contributed by atoms with Gasteiger partial charge in [-0.25, -0.2) is 0 Å². The van der Waals surface area contributed by atoms with E-state index in [-0.39, 0.29) is 5.30 Å². The molecule has 2 atom stereocenters. The van der Waals surface area contributed by atoms with Crippen LogP contribution in [0.5, 0.6) is 0 Å². The van der Waals surface area contributed by atoms with Crippen LogP contribution in [0.3, 0.4) is 0 Å². The lowest BCUT2D eigenvalue weighted by molar-refractivity contribution is -0.118. The number of carbonyl (C=O) groups is 1. The number of hydrogen-bond donors (Lipinski definition) is 1. The summed E-state index contributed by atoms with van der Waals surface area (Å²) < 4.78 is 12.8. The molecule has 0 fully saturated rings. The smallest absolute Gasteiger partial charge is 0.294 e. The Bertz CT molecular complexity index is 700. The zero-order valence-corrected chi connectivity index (χ0v) is 13.8. The van der Waals surface area contributed by atoms with Crippen LogP contribution in [0.4, 0.5) is 0 Å². The summed E-state index contributed by atoms with van der Waals surface area (Å²) in [5.74, 6) is 0. The fourth-order valence-corrected chi connectivity index (χ4v) is 5.01. The molecule has 2 unspecified atom stereocenters. The third-order valence-electron chi connectivity index (χ3n) is 3.87. The summed E-state index contributed by atoms with van der Waals surface area (Å²) in [5.41, 5.74) is 1.17. The quantitative estimate of drug-likeness (QED) is 0.866. The van der Waals surface area contributed by atoms with Crippen LogP contribution in [0, 0.1) is 12.3 Å². The van der Waals surface area contributed by atoms with E-state index in [1.165, 1.54) is 0 Å². The zero-order valence-electron chi connectivity index (χ0n) is 12.9. The summed E-state index contributed by atoms with van der Waals surface area (Å²) >= 11 is 0. The molecular formula is C17H21O3P. The molecule has 21 heavy (non-hydrogen) atoms. The molecule has 0 radical (unpaired) electrons. The molecule has 4 heteroatoms. The molecule has 1 N–H and O–H groups in total. The lowest BCUT2D eigenvalue weighted by Crippen LogP contribution is -2.31. The molecule has 0 saturated carbocycles. The number of benzene rings is 1. The van der Waals surface area contributed by atoms with Gasteiger partial charge in [0.2, 0.25) is 5.52 Å². The van der Waals surface area contributed by atoms with Gasteiger partial charge in [-0.1, -0.05) is 41.5 Å². The van der Waals surface area contributed by atoms with Gasteiger partial charge in [0.1, 0.15) is 0 Å². The van der Waals surface area contributed by atoms with Crippen LogP contribution in [-0.2, 0) is 9.36 Å². The van der Waals surface area contributed by atoms with Crippen molar-refractivity contribution in [2.24, 2.45) is 5.41 Å². The van der Waals surface area contributed by atoms with Crippen molar-refractivity contribution >= 4 is 18.2 Å². The van der Waals surface area contributed by atoms with E-state index in [2.05, 4.69) is 0 Å². The van der Waals surface area contributed by atoms with Gasteiger partial charge >= 0.3 is 0 Å². The Morgan fingerprint density at radius 1 is 1.24 bits per heavy atom. The van der Waals surface area contributed by atoms with Crippen molar-refractivity contribution in [2.75, 3.05) is 0 Å². The summed E-state index contributed by atoms with van der Waals surface area (Å²) in [4.78, 5) is 23.3. The highest BCUT2D eigenvalue weighted by molar-refractivity contribution is 7.82. The highest BCUT2D eigenvalue weighted by atomic mass is 31.2. The van der Waals surface area contributed by atoms with E-state index < -0.39 is 18.3 Å². The lowest BCUT2D eigenvalue weighted by Gasteiger charge is -2.30. The molecular weight excluding hydrogens is 283 g/mol. The maximum Gasteiger partial charge on any atom is 0.294 e. The van der Waals surface area contributed by atoms with Gasteiger partial charge in [0.05, 0.1) is 5.41 Å². The molecule has 0 bridgehead atoms. The van der Waals surface area contributed by atoms with Crippen molar-refractivity contribution in [2.45, 2.75) is 34.1 Å². The van der Waals surface area contributed by atoms with E-state index in [0.29, 0.717) is 12.0 Å². The second-order valence-corrected chi connectivity index (χ2v) is 8.18. The number of carbonyl (C=O) groups excluding carboxylic acids is 1. The summed E-state index contributed by atoms with van der Waals surface area (Å²) in [6, 6.07) is 6.80. The Hall–Kier alpha value is -1.44. The predicted octanol–water partition coefficient (Wildman–Crippen LogP) is 3.72. The van der Waals surface area contributed by atoms with Gasteiger partial charge in [0.15, 0.2) is 0 Å². The van der Waals surface area contributed by atoms with Crippen molar-refractivity contribution in [3.63, 3.8) is 0 Å². The SMILES string of the molecule is CC1=CC(C)(C(=O)P(=O)(O)c2ccccc2C)CC(C)=C1. The minimum Gasteiger partial charge on any atom is -0.336 e. The molecule has 0 spiro atoms. The maximum absolute atomic E-state index is 12.8. The Kier molecular flexibility index (Phi) is 4.10. The van der Waals surface area contributed by atoms with Crippen LogP contribution < -0.4 is 5.30 Å². The van der Waals surface area contributed by atoms with Gasteiger partial charge in [-0.05, 0) is 45.7 Å². The van der Waals surface area contributed by atoms with Gasteiger partial charge in [0, 0.05) is 5.30 Å². The van der Waals surface area contributed by atoms with Crippen LogP contribution >= 0.6 is 7.37 Å². The topological polar surface area (TPSA) is 54.4 Å². The average Bonchev–Trinajstić information content (AvgIpc) is 2.36. The van der Waals surface area contributed by atoms with Crippen LogP contribution in [-0.4, -0.2) is 10.4 Å². The van der Waals surface area contributed by atoms with E-state index in [9.17, 15) is 14.3 Å². The molecule has 0 heterocycles.